The van der Waals surface area contributed by atoms with Crippen LogP contribution in [0.1, 0.15) is 166 Å². The van der Waals surface area contributed by atoms with E-state index in [1.165, 1.54) is 91.1 Å². The van der Waals surface area contributed by atoms with Gasteiger partial charge in [0.25, 0.3) is 0 Å². The summed E-state index contributed by atoms with van der Waals surface area (Å²) < 4.78 is 0. The Balaban J connectivity index is -0.000000605. The summed E-state index contributed by atoms with van der Waals surface area (Å²) >= 11 is 1.36. The average molecular weight is 718 g/mol. The van der Waals surface area contributed by atoms with Crippen LogP contribution in [0, 0.1) is 28.7 Å². The van der Waals surface area contributed by atoms with Crippen LogP contribution in [0.4, 0.5) is 0 Å². The number of unbranched alkanes of at least 4 members (excludes halogenated alkanes) is 2. The maximum atomic E-state index is 3.60. The molecule has 0 saturated heterocycles. The molecule has 0 aliphatic carbocycles. The first-order valence-corrected chi connectivity index (χ1v) is 21.4. The third kappa shape index (κ3) is 15.8. The Hall–Kier alpha value is -1.24. The van der Waals surface area contributed by atoms with E-state index in [0.29, 0.717) is 23.7 Å². The summed E-state index contributed by atoms with van der Waals surface area (Å²) in [5.41, 5.74) is 8.87. The van der Waals surface area contributed by atoms with Gasteiger partial charge in [-0.2, -0.15) is 25.0 Å². The predicted molar refractivity (Wildman–Crippen MR) is 213 cm³/mol. The molecule has 4 rings (SSSR count). The Kier molecular flexibility index (Phi) is 28.5. The summed E-state index contributed by atoms with van der Waals surface area (Å²) in [4.78, 5) is 0. The zero-order valence-corrected chi connectivity index (χ0v) is 36.0. The van der Waals surface area contributed by atoms with E-state index >= 15 is 0 Å². The van der Waals surface area contributed by atoms with E-state index in [1.54, 1.807) is 0 Å². The molecule has 0 spiro atoms. The molecule has 0 aromatic heterocycles. The minimum atomic E-state index is 0. The van der Waals surface area contributed by atoms with Gasteiger partial charge in [-0.15, -0.1) is 56.9 Å². The van der Waals surface area contributed by atoms with Gasteiger partial charge in [0.1, 0.15) is 0 Å². The topological polar surface area (TPSA) is 0 Å². The summed E-state index contributed by atoms with van der Waals surface area (Å²) in [6, 6.07) is 19.0. The van der Waals surface area contributed by atoms with Crippen molar-refractivity contribution in [1.82, 2.24) is 0 Å². The van der Waals surface area contributed by atoms with Crippen molar-refractivity contribution in [3.05, 3.63) is 111 Å². The van der Waals surface area contributed by atoms with Crippen molar-refractivity contribution in [2.45, 2.75) is 145 Å². The SMILES string of the molecule is CCc1cc2c(C(C)C)cc(C(C)C)cc2[cH-]1.CCc1cc2c(C(C)C)cc(C(C)C)cc2[cH-]1.[CH2-]CCC.[CH2-]CCC.[CH3-].[CH3-].[Si]=[Zr]. The van der Waals surface area contributed by atoms with Gasteiger partial charge >= 0.3 is 30.2 Å². The Morgan fingerprint density at radius 1 is 0.543 bits per heavy atom. The third-order valence-corrected chi connectivity index (χ3v) is 7.97. The molecule has 4 aromatic rings. The summed E-state index contributed by atoms with van der Waals surface area (Å²) in [6.45, 7) is 37.2. The van der Waals surface area contributed by atoms with Crippen LogP contribution in [0.3, 0.4) is 0 Å². The Labute approximate surface area is 305 Å². The van der Waals surface area contributed by atoms with Gasteiger partial charge in [-0.05, 0) is 36.5 Å². The normalized spacial score (nSPS) is 10.2. The molecule has 0 amide bonds. The fraction of sp³-hybridized carbons (Fsp3) is 0.500. The van der Waals surface area contributed by atoms with Crippen LogP contribution in [0.15, 0.2) is 48.5 Å². The molecular formula is C44H70SiZr-6. The number of hydrogen-bond acceptors (Lipinski definition) is 0. The van der Waals surface area contributed by atoms with E-state index in [2.05, 4.69) is 152 Å². The number of aryl methyl sites for hydroxylation is 2. The standard InChI is InChI=1S/2C17H23.2C4H9.2CH3.Si.Zr/c2*1-6-13-7-15-9-14(11(2)3)10-16(12(4)5)17(15)8-13;2*1-3-4-2;;;;/h2*7-12H,6H2,1-5H3;2*1,3-4H2,2H3;2*1H3;;/q6*-1;;. The van der Waals surface area contributed by atoms with E-state index in [1.807, 2.05) is 0 Å². The van der Waals surface area contributed by atoms with Crippen LogP contribution >= 0.6 is 0 Å². The van der Waals surface area contributed by atoms with Crippen molar-refractivity contribution < 1.29 is 23.3 Å². The first-order chi connectivity index (χ1) is 20.9. The van der Waals surface area contributed by atoms with Gasteiger partial charge in [-0.25, -0.2) is 0 Å². The van der Waals surface area contributed by atoms with Gasteiger partial charge < -0.3 is 28.7 Å². The quantitative estimate of drug-likeness (QED) is 0.126. The molecule has 0 aliphatic rings. The summed E-state index contributed by atoms with van der Waals surface area (Å²) in [5.74, 6) is 2.42. The van der Waals surface area contributed by atoms with E-state index in [4.69, 9.17) is 0 Å². The van der Waals surface area contributed by atoms with Crippen LogP contribution in [0.2, 0.25) is 0 Å². The number of hydrogen-bond donors (Lipinski definition) is 0. The number of fused-ring (bicyclic) bond motifs is 2. The molecular weight excluding hydrogens is 648 g/mol. The van der Waals surface area contributed by atoms with Crippen molar-refractivity contribution in [3.8, 4) is 0 Å². The molecule has 2 heteroatoms. The Morgan fingerprint density at radius 3 is 1.02 bits per heavy atom. The fourth-order valence-corrected chi connectivity index (χ4v) is 4.90. The van der Waals surface area contributed by atoms with Crippen LogP contribution in [0.5, 0.6) is 0 Å². The van der Waals surface area contributed by atoms with Crippen LogP contribution in [-0.4, -0.2) is 6.88 Å². The zero-order chi connectivity index (χ0) is 34.0. The second kappa shape index (κ2) is 26.7. The maximum absolute atomic E-state index is 3.60. The molecule has 4 aromatic carbocycles. The van der Waals surface area contributed by atoms with Gasteiger partial charge in [-0.3, -0.25) is 0 Å². The average Bonchev–Trinajstić information content (AvgIpc) is 3.65. The molecule has 46 heavy (non-hydrogen) atoms. The minimum absolute atomic E-state index is 0. The third-order valence-electron chi connectivity index (χ3n) is 7.97. The second-order valence-electron chi connectivity index (χ2n) is 13.0. The molecule has 0 nitrogen and oxygen atoms in total. The van der Waals surface area contributed by atoms with Gasteiger partial charge in [0.2, 0.25) is 0 Å². The number of benzene rings is 2. The molecule has 2 radical (unpaired) electrons. The van der Waals surface area contributed by atoms with Crippen molar-refractivity contribution in [2.75, 3.05) is 0 Å². The Morgan fingerprint density at radius 2 is 0.826 bits per heavy atom. The molecule has 0 saturated carbocycles. The molecule has 0 bridgehead atoms. The summed E-state index contributed by atoms with van der Waals surface area (Å²) in [6.07, 6.45) is 6.81. The molecule has 260 valence electrons. The van der Waals surface area contributed by atoms with E-state index in [0.717, 1.165) is 25.7 Å². The van der Waals surface area contributed by atoms with Gasteiger partial charge in [0, 0.05) is 0 Å². The summed E-state index contributed by atoms with van der Waals surface area (Å²) in [7, 11) is 0. The molecule has 0 aliphatic heterocycles. The summed E-state index contributed by atoms with van der Waals surface area (Å²) in [5, 5.41) is 5.77. The molecule has 0 fully saturated rings. The van der Waals surface area contributed by atoms with Crippen molar-refractivity contribution in [3.63, 3.8) is 0 Å². The van der Waals surface area contributed by atoms with Crippen molar-refractivity contribution in [2.24, 2.45) is 0 Å². The van der Waals surface area contributed by atoms with E-state index < -0.39 is 0 Å². The molecule has 0 heterocycles. The first-order valence-electron chi connectivity index (χ1n) is 17.2. The van der Waals surface area contributed by atoms with E-state index in [-0.39, 0.29) is 14.9 Å². The van der Waals surface area contributed by atoms with E-state index in [9.17, 15) is 0 Å². The van der Waals surface area contributed by atoms with Crippen molar-refractivity contribution in [1.29, 1.82) is 0 Å². The fourth-order valence-electron chi connectivity index (χ4n) is 4.90. The van der Waals surface area contributed by atoms with Gasteiger partial charge in [0.15, 0.2) is 0 Å². The second-order valence-corrected chi connectivity index (χ2v) is 13.0. The molecule has 0 unspecified atom stereocenters. The molecule has 0 N–H and O–H groups in total. The van der Waals surface area contributed by atoms with Crippen molar-refractivity contribution >= 4 is 28.4 Å². The predicted octanol–water partition coefficient (Wildman–Crippen LogP) is 14.5. The van der Waals surface area contributed by atoms with Crippen LogP contribution in [0.25, 0.3) is 21.5 Å². The Bertz CT molecular complexity index is 1210. The van der Waals surface area contributed by atoms with Gasteiger partial charge in [0.05, 0.1) is 0 Å². The van der Waals surface area contributed by atoms with Gasteiger partial charge in [-0.1, -0.05) is 130 Å². The first kappa shape index (κ1) is 49.2. The number of rotatable bonds is 8. The zero-order valence-electron chi connectivity index (χ0n) is 32.6. The van der Waals surface area contributed by atoms with Crippen LogP contribution in [-0.2, 0) is 36.2 Å². The van der Waals surface area contributed by atoms with Crippen LogP contribution < -0.4 is 0 Å². The molecule has 0 atom stereocenters. The monoisotopic (exact) mass is 716 g/mol.